The van der Waals surface area contributed by atoms with Crippen LogP contribution in [0.4, 0.5) is 23.8 Å². The second-order valence-corrected chi connectivity index (χ2v) is 7.17. The van der Waals surface area contributed by atoms with Crippen LogP contribution in [0.5, 0.6) is 0 Å². The minimum atomic E-state index is -4.56. The topological polar surface area (TPSA) is 55.3 Å². The van der Waals surface area contributed by atoms with Gasteiger partial charge in [-0.3, -0.25) is 9.88 Å². The van der Waals surface area contributed by atoms with Crippen molar-refractivity contribution in [2.75, 3.05) is 4.90 Å². The lowest BCUT2D eigenvalue weighted by atomic mass is 10.1. The van der Waals surface area contributed by atoms with E-state index < -0.39 is 23.4 Å². The van der Waals surface area contributed by atoms with Crippen molar-refractivity contribution in [2.24, 2.45) is 0 Å². The molecule has 2 aromatic heterocycles. The van der Waals surface area contributed by atoms with Crippen LogP contribution in [-0.4, -0.2) is 21.7 Å². The Morgan fingerprint density at radius 1 is 1.10 bits per heavy atom. The molecule has 2 heterocycles. The fraction of sp³-hybridized carbons (Fsp3) is 0.476. The van der Waals surface area contributed by atoms with Gasteiger partial charge < -0.3 is 4.74 Å². The van der Waals surface area contributed by atoms with E-state index in [1.807, 2.05) is 20.8 Å². The first-order valence-corrected chi connectivity index (χ1v) is 9.33. The van der Waals surface area contributed by atoms with Gasteiger partial charge in [0.1, 0.15) is 11.4 Å². The minimum Gasteiger partial charge on any atom is -0.443 e. The van der Waals surface area contributed by atoms with Crippen LogP contribution >= 0.6 is 0 Å². The molecule has 2 rings (SSSR count). The maximum Gasteiger partial charge on any atom is 0.416 e. The summed E-state index contributed by atoms with van der Waals surface area (Å²) in [5, 5.41) is 0. The van der Waals surface area contributed by atoms with Gasteiger partial charge in [0.15, 0.2) is 0 Å². The van der Waals surface area contributed by atoms with Gasteiger partial charge in [-0.1, -0.05) is 19.9 Å². The van der Waals surface area contributed by atoms with Crippen molar-refractivity contribution < 1.29 is 22.7 Å². The molecule has 0 saturated heterocycles. The van der Waals surface area contributed by atoms with E-state index in [1.165, 1.54) is 0 Å². The highest BCUT2D eigenvalue weighted by Gasteiger charge is 2.35. The van der Waals surface area contributed by atoms with Gasteiger partial charge in [0, 0.05) is 23.7 Å². The molecule has 0 aliphatic rings. The van der Waals surface area contributed by atoms with Crippen LogP contribution < -0.4 is 4.90 Å². The molecule has 0 bridgehead atoms. The predicted molar refractivity (Wildman–Crippen MR) is 107 cm³/mol. The Morgan fingerprint density at radius 3 is 2.24 bits per heavy atom. The van der Waals surface area contributed by atoms with Crippen molar-refractivity contribution in [3.05, 3.63) is 53.0 Å². The molecule has 0 fully saturated rings. The first kappa shape index (κ1) is 24.4. The average molecular weight is 411 g/mol. The molecular weight excluding hydrogens is 383 g/mol. The third-order valence-corrected chi connectivity index (χ3v) is 3.76. The van der Waals surface area contributed by atoms with E-state index in [4.69, 9.17) is 4.74 Å². The number of alkyl halides is 3. The van der Waals surface area contributed by atoms with E-state index in [9.17, 15) is 18.0 Å². The van der Waals surface area contributed by atoms with E-state index in [1.54, 1.807) is 39.8 Å². The third kappa shape index (κ3) is 7.03. The lowest BCUT2D eigenvalue weighted by molar-refractivity contribution is -0.138. The lowest BCUT2D eigenvalue weighted by Gasteiger charge is -2.27. The Hall–Kier alpha value is -2.64. The average Bonchev–Trinajstić information content (AvgIpc) is 2.62. The number of halogens is 3. The monoisotopic (exact) mass is 411 g/mol. The summed E-state index contributed by atoms with van der Waals surface area (Å²) < 4.78 is 45.3. The highest BCUT2D eigenvalue weighted by atomic mass is 19.4. The molecule has 5 nitrogen and oxygen atoms in total. The number of amides is 1. The van der Waals surface area contributed by atoms with Crippen LogP contribution in [0.1, 0.15) is 57.0 Å². The van der Waals surface area contributed by atoms with Crippen LogP contribution in [0.3, 0.4) is 0 Å². The summed E-state index contributed by atoms with van der Waals surface area (Å²) >= 11 is 0. The zero-order valence-electron chi connectivity index (χ0n) is 17.9. The number of pyridine rings is 2. The first-order chi connectivity index (χ1) is 13.4. The summed E-state index contributed by atoms with van der Waals surface area (Å²) in [5.41, 5.74) is -0.231. The summed E-state index contributed by atoms with van der Waals surface area (Å²) in [7, 11) is 0. The van der Waals surface area contributed by atoms with Gasteiger partial charge in [-0.15, -0.1) is 0 Å². The van der Waals surface area contributed by atoms with Gasteiger partial charge in [0.2, 0.25) is 0 Å². The number of ether oxygens (including phenoxy) is 1. The maximum atomic E-state index is 13.3. The SMILES string of the molecule is CC.Cc1ccc(N(Cc2cnccc2C(F)(F)F)C(=O)OC(C)(C)C)nc1C. The fourth-order valence-corrected chi connectivity index (χ4v) is 2.32. The molecule has 29 heavy (non-hydrogen) atoms. The fourth-order valence-electron chi connectivity index (χ4n) is 2.32. The smallest absolute Gasteiger partial charge is 0.416 e. The Kier molecular flexibility index (Phi) is 8.17. The first-order valence-electron chi connectivity index (χ1n) is 9.33. The molecule has 0 aromatic carbocycles. The largest absolute Gasteiger partial charge is 0.443 e. The number of anilines is 1. The number of aryl methyl sites for hydroxylation is 2. The van der Waals surface area contributed by atoms with Crippen molar-refractivity contribution in [3.63, 3.8) is 0 Å². The normalized spacial score (nSPS) is 11.4. The maximum absolute atomic E-state index is 13.3. The molecular formula is C21H28F3N3O2. The molecule has 0 atom stereocenters. The van der Waals surface area contributed by atoms with Gasteiger partial charge >= 0.3 is 12.3 Å². The van der Waals surface area contributed by atoms with Gasteiger partial charge in [-0.05, 0) is 52.3 Å². The number of hydrogen-bond donors (Lipinski definition) is 0. The molecule has 0 radical (unpaired) electrons. The number of rotatable bonds is 3. The van der Waals surface area contributed by atoms with Crippen molar-refractivity contribution in [1.82, 2.24) is 9.97 Å². The molecule has 0 spiro atoms. The number of carbonyl (C=O) groups excluding carboxylic acids is 1. The van der Waals surface area contributed by atoms with Gasteiger partial charge in [-0.2, -0.15) is 13.2 Å². The summed E-state index contributed by atoms with van der Waals surface area (Å²) in [6.07, 6.45) is -3.18. The lowest BCUT2D eigenvalue weighted by Crippen LogP contribution is -2.37. The Bertz CT molecular complexity index is 831. The van der Waals surface area contributed by atoms with Crippen molar-refractivity contribution in [1.29, 1.82) is 0 Å². The second-order valence-electron chi connectivity index (χ2n) is 7.17. The van der Waals surface area contributed by atoms with E-state index in [-0.39, 0.29) is 17.9 Å². The Labute approximate surface area is 169 Å². The van der Waals surface area contributed by atoms with Gasteiger partial charge in [0.25, 0.3) is 0 Å². The highest BCUT2D eigenvalue weighted by Crippen LogP contribution is 2.33. The third-order valence-electron chi connectivity index (χ3n) is 3.76. The number of hydrogen-bond acceptors (Lipinski definition) is 4. The molecule has 8 heteroatoms. The molecule has 0 N–H and O–H groups in total. The van der Waals surface area contributed by atoms with Crippen LogP contribution in [0.25, 0.3) is 0 Å². The highest BCUT2D eigenvalue weighted by molar-refractivity contribution is 5.86. The van der Waals surface area contributed by atoms with Crippen LogP contribution in [-0.2, 0) is 17.5 Å². The van der Waals surface area contributed by atoms with E-state index in [0.29, 0.717) is 5.69 Å². The Morgan fingerprint density at radius 2 is 1.72 bits per heavy atom. The van der Waals surface area contributed by atoms with Crippen molar-refractivity contribution in [2.45, 2.75) is 66.8 Å². The number of carbonyl (C=O) groups is 1. The molecule has 1 amide bonds. The summed E-state index contributed by atoms with van der Waals surface area (Å²) in [6, 6.07) is 4.22. The van der Waals surface area contributed by atoms with Crippen molar-refractivity contribution >= 4 is 11.9 Å². The number of aromatic nitrogens is 2. The predicted octanol–water partition coefficient (Wildman–Crippen LogP) is 6.08. The Balaban J connectivity index is 0.00000204. The van der Waals surface area contributed by atoms with Crippen LogP contribution in [0.15, 0.2) is 30.6 Å². The van der Waals surface area contributed by atoms with E-state index in [2.05, 4.69) is 9.97 Å². The standard InChI is InChI=1S/C19H22F3N3O2.C2H6/c1-12-6-7-16(24-13(12)2)25(17(26)27-18(3,4)5)11-14-10-23-9-8-15(14)19(20,21)22;1-2/h6-10H,11H2,1-5H3;1-2H3. The molecule has 0 aliphatic heterocycles. The molecule has 0 saturated carbocycles. The zero-order chi connectivity index (χ0) is 22.4. The van der Waals surface area contributed by atoms with E-state index >= 15 is 0 Å². The zero-order valence-corrected chi connectivity index (χ0v) is 17.9. The molecule has 0 unspecified atom stereocenters. The molecule has 160 valence electrons. The minimum absolute atomic E-state index is 0.143. The van der Waals surface area contributed by atoms with Crippen molar-refractivity contribution in [3.8, 4) is 0 Å². The molecule has 0 aliphatic carbocycles. The molecule has 2 aromatic rings. The summed E-state index contributed by atoms with van der Waals surface area (Å²) in [5.74, 6) is 0.212. The summed E-state index contributed by atoms with van der Waals surface area (Å²) in [4.78, 5) is 21.9. The second kappa shape index (κ2) is 9.71. The number of nitrogens with zero attached hydrogens (tertiary/aromatic N) is 3. The van der Waals surface area contributed by atoms with Crippen LogP contribution in [0, 0.1) is 13.8 Å². The quantitative estimate of drug-likeness (QED) is 0.614. The van der Waals surface area contributed by atoms with E-state index in [0.717, 1.165) is 28.9 Å². The summed E-state index contributed by atoms with van der Waals surface area (Å²) in [6.45, 7) is 12.3. The van der Waals surface area contributed by atoms with Gasteiger partial charge in [0.05, 0.1) is 12.1 Å². The van der Waals surface area contributed by atoms with Gasteiger partial charge in [-0.25, -0.2) is 9.78 Å². The van der Waals surface area contributed by atoms with Crippen LogP contribution in [0.2, 0.25) is 0 Å².